The third-order valence-electron chi connectivity index (χ3n) is 3.55. The van der Waals surface area contributed by atoms with Crippen LogP contribution in [0, 0.1) is 0 Å². The highest BCUT2D eigenvalue weighted by atomic mass is 35.5. The minimum atomic E-state index is -3.49. The minimum absolute atomic E-state index is 0.0561. The largest absolute Gasteiger partial charge is 0.386 e. The molecular weight excluding hydrogens is 314 g/mol. The first kappa shape index (κ1) is 16.3. The average molecular weight is 332 g/mol. The summed E-state index contributed by atoms with van der Waals surface area (Å²) in [7, 11) is -3.49. The van der Waals surface area contributed by atoms with Crippen LogP contribution in [0.3, 0.4) is 0 Å². The van der Waals surface area contributed by atoms with Crippen LogP contribution in [0.1, 0.15) is 30.1 Å². The lowest BCUT2D eigenvalue weighted by Gasteiger charge is -2.46. The monoisotopic (exact) mass is 331 g/mol. The number of amides is 1. The molecule has 0 saturated carbocycles. The molecule has 0 spiro atoms. The maximum Gasteiger partial charge on any atom is 0.254 e. The van der Waals surface area contributed by atoms with Gasteiger partial charge in [0.25, 0.3) is 5.91 Å². The third kappa shape index (κ3) is 3.39. The van der Waals surface area contributed by atoms with Gasteiger partial charge in [-0.25, -0.2) is 8.42 Å². The van der Waals surface area contributed by atoms with E-state index < -0.39 is 15.4 Å². The molecule has 1 aromatic rings. The van der Waals surface area contributed by atoms with Gasteiger partial charge in [0.2, 0.25) is 0 Å². The smallest absolute Gasteiger partial charge is 0.254 e. The van der Waals surface area contributed by atoms with Crippen LogP contribution < -0.4 is 0 Å². The number of hydrogen-bond donors (Lipinski definition) is 1. The van der Waals surface area contributed by atoms with Gasteiger partial charge in [-0.1, -0.05) is 24.9 Å². The first-order valence-corrected chi connectivity index (χ1v) is 8.94. The van der Waals surface area contributed by atoms with Gasteiger partial charge in [0.15, 0.2) is 9.84 Å². The predicted octanol–water partition coefficient (Wildman–Crippen LogP) is 1.73. The zero-order valence-corrected chi connectivity index (χ0v) is 13.5. The van der Waals surface area contributed by atoms with Crippen molar-refractivity contribution in [1.82, 2.24) is 4.90 Å². The Morgan fingerprint density at radius 3 is 2.57 bits per heavy atom. The average Bonchev–Trinajstić information content (AvgIpc) is 2.34. The molecule has 0 radical (unpaired) electrons. The number of sulfone groups is 1. The molecule has 0 bridgehead atoms. The number of carbonyl (C=O) groups is 1. The highest BCUT2D eigenvalue weighted by Gasteiger charge is 2.42. The molecule has 1 heterocycles. The Hall–Kier alpha value is -1.11. The summed E-state index contributed by atoms with van der Waals surface area (Å²) in [6, 6.07) is 4.19. The van der Waals surface area contributed by atoms with Gasteiger partial charge in [0, 0.05) is 11.8 Å². The number of β-amino-alcohol motifs (C(OH)–C–C–N with tert-alkyl or cyclic N) is 1. The zero-order valence-electron chi connectivity index (χ0n) is 12.0. The first-order chi connectivity index (χ1) is 9.66. The second kappa shape index (κ2) is 5.59. The number of halogens is 1. The molecule has 1 aliphatic heterocycles. The molecule has 0 aromatic heterocycles. The van der Waals surface area contributed by atoms with Crippen molar-refractivity contribution in [3.05, 3.63) is 28.8 Å². The van der Waals surface area contributed by atoms with Crippen molar-refractivity contribution in [1.29, 1.82) is 0 Å². The van der Waals surface area contributed by atoms with Crippen LogP contribution in [-0.4, -0.2) is 49.3 Å². The van der Waals surface area contributed by atoms with Crippen LogP contribution in [0.15, 0.2) is 23.1 Å². The summed E-state index contributed by atoms with van der Waals surface area (Å²) < 4.78 is 23.2. The van der Waals surface area contributed by atoms with Gasteiger partial charge in [-0.15, -0.1) is 0 Å². The van der Waals surface area contributed by atoms with Crippen molar-refractivity contribution >= 4 is 27.3 Å². The molecule has 7 heteroatoms. The van der Waals surface area contributed by atoms with Crippen LogP contribution in [0.5, 0.6) is 0 Å². The lowest BCUT2D eigenvalue weighted by Crippen LogP contribution is -2.63. The summed E-state index contributed by atoms with van der Waals surface area (Å²) in [6.07, 6.45) is 2.54. The number of carbonyl (C=O) groups excluding carboxylic acids is 1. The Morgan fingerprint density at radius 2 is 2.05 bits per heavy atom. The Bertz CT molecular complexity index is 666. The van der Waals surface area contributed by atoms with Gasteiger partial charge in [-0.3, -0.25) is 4.79 Å². The summed E-state index contributed by atoms with van der Waals surface area (Å²) in [5, 5.41) is 10.2. The van der Waals surface area contributed by atoms with Crippen LogP contribution in [0.4, 0.5) is 0 Å². The summed E-state index contributed by atoms with van der Waals surface area (Å²) in [4.78, 5) is 13.7. The van der Waals surface area contributed by atoms with Gasteiger partial charge >= 0.3 is 0 Å². The van der Waals surface area contributed by atoms with Crippen molar-refractivity contribution in [2.45, 2.75) is 30.3 Å². The molecule has 5 nitrogen and oxygen atoms in total. The van der Waals surface area contributed by atoms with E-state index >= 15 is 0 Å². The maximum absolute atomic E-state index is 12.3. The second-order valence-electron chi connectivity index (χ2n) is 5.55. The molecule has 1 N–H and O–H groups in total. The second-order valence-corrected chi connectivity index (χ2v) is 7.94. The van der Waals surface area contributed by atoms with E-state index in [1.165, 1.54) is 23.1 Å². The summed E-state index contributed by atoms with van der Waals surface area (Å²) in [6.45, 7) is 2.52. The number of aliphatic hydroxyl groups is 1. The molecule has 1 aromatic carbocycles. The number of benzene rings is 1. The molecule has 2 rings (SSSR count). The maximum atomic E-state index is 12.3. The summed E-state index contributed by atoms with van der Waals surface area (Å²) >= 11 is 5.86. The highest BCUT2D eigenvalue weighted by molar-refractivity contribution is 7.90. The van der Waals surface area contributed by atoms with Crippen molar-refractivity contribution in [2.24, 2.45) is 0 Å². The van der Waals surface area contributed by atoms with E-state index in [1.54, 1.807) is 0 Å². The molecule has 116 valence electrons. The van der Waals surface area contributed by atoms with Gasteiger partial charge < -0.3 is 10.0 Å². The topological polar surface area (TPSA) is 74.7 Å². The van der Waals surface area contributed by atoms with E-state index in [2.05, 4.69) is 0 Å². The van der Waals surface area contributed by atoms with Crippen molar-refractivity contribution in [3.8, 4) is 0 Å². The van der Waals surface area contributed by atoms with E-state index in [4.69, 9.17) is 11.6 Å². The molecule has 1 aliphatic rings. The Labute approximate surface area is 129 Å². The normalized spacial score (nSPS) is 17.4. The Balaban J connectivity index is 2.19. The van der Waals surface area contributed by atoms with E-state index in [0.717, 1.165) is 12.7 Å². The van der Waals surface area contributed by atoms with Crippen molar-refractivity contribution in [2.75, 3.05) is 19.3 Å². The number of nitrogens with zero attached hydrogens (tertiary/aromatic N) is 1. The molecule has 0 aliphatic carbocycles. The minimum Gasteiger partial charge on any atom is -0.386 e. The number of hydrogen-bond acceptors (Lipinski definition) is 4. The molecule has 1 fully saturated rings. The van der Waals surface area contributed by atoms with Crippen LogP contribution in [-0.2, 0) is 9.84 Å². The van der Waals surface area contributed by atoms with Gasteiger partial charge in [0.1, 0.15) is 0 Å². The first-order valence-electron chi connectivity index (χ1n) is 6.67. The van der Waals surface area contributed by atoms with Crippen molar-refractivity contribution < 1.29 is 18.3 Å². The predicted molar refractivity (Wildman–Crippen MR) is 80.3 cm³/mol. The highest BCUT2D eigenvalue weighted by Crippen LogP contribution is 2.29. The summed E-state index contributed by atoms with van der Waals surface area (Å²) in [5.41, 5.74) is -0.547. The van der Waals surface area contributed by atoms with Gasteiger partial charge in [-0.05, 0) is 24.6 Å². The van der Waals surface area contributed by atoms with E-state index in [1.807, 2.05) is 6.92 Å². The van der Waals surface area contributed by atoms with E-state index in [9.17, 15) is 18.3 Å². The molecular formula is C14H18ClNO4S. The van der Waals surface area contributed by atoms with Crippen LogP contribution in [0.25, 0.3) is 0 Å². The Morgan fingerprint density at radius 1 is 1.43 bits per heavy atom. The van der Waals surface area contributed by atoms with E-state index in [0.29, 0.717) is 6.42 Å². The molecule has 0 atom stereocenters. The zero-order chi connectivity index (χ0) is 15.8. The van der Waals surface area contributed by atoms with Gasteiger partial charge in [-0.2, -0.15) is 0 Å². The number of likely N-dealkylation sites (tertiary alicyclic amines) is 1. The molecule has 1 saturated heterocycles. The fraction of sp³-hybridized carbons (Fsp3) is 0.500. The third-order valence-corrected chi connectivity index (χ3v) is 5.13. The van der Waals surface area contributed by atoms with Crippen LogP contribution >= 0.6 is 11.6 Å². The fourth-order valence-corrected chi connectivity index (χ4v) is 3.84. The molecule has 21 heavy (non-hydrogen) atoms. The standard InChI is InChI=1S/C14H18ClNO4S/c1-3-6-14(18)8-16(9-14)13(17)10-4-5-11(15)12(7-10)21(2,19)20/h4-5,7,18H,3,6,8-9H2,1-2H3. The quantitative estimate of drug-likeness (QED) is 0.911. The van der Waals surface area contributed by atoms with E-state index in [-0.39, 0.29) is 34.5 Å². The number of rotatable bonds is 4. The van der Waals surface area contributed by atoms with Crippen LogP contribution in [0.2, 0.25) is 5.02 Å². The van der Waals surface area contributed by atoms with Crippen molar-refractivity contribution in [3.63, 3.8) is 0 Å². The SMILES string of the molecule is CCCC1(O)CN(C(=O)c2ccc(Cl)c(S(C)(=O)=O)c2)C1. The Kier molecular flexibility index (Phi) is 4.33. The lowest BCUT2D eigenvalue weighted by molar-refractivity contribution is -0.0860. The lowest BCUT2D eigenvalue weighted by atomic mass is 9.89. The molecule has 0 unspecified atom stereocenters. The summed E-state index contributed by atoms with van der Waals surface area (Å²) in [5.74, 6) is -0.294. The fourth-order valence-electron chi connectivity index (χ4n) is 2.53. The molecule has 1 amide bonds. The van der Waals surface area contributed by atoms with Gasteiger partial charge in [0.05, 0.1) is 28.6 Å².